The van der Waals surface area contributed by atoms with E-state index in [-0.39, 0.29) is 6.04 Å². The lowest BCUT2D eigenvalue weighted by Crippen LogP contribution is -2.21. The fourth-order valence-electron chi connectivity index (χ4n) is 3.12. The van der Waals surface area contributed by atoms with Crippen LogP contribution in [-0.2, 0) is 0 Å². The van der Waals surface area contributed by atoms with Gasteiger partial charge in [-0.3, -0.25) is 0 Å². The number of anilines is 1. The van der Waals surface area contributed by atoms with Gasteiger partial charge in [-0.2, -0.15) is 0 Å². The van der Waals surface area contributed by atoms with Crippen molar-refractivity contribution in [1.29, 1.82) is 0 Å². The van der Waals surface area contributed by atoms with Crippen LogP contribution in [0, 0.1) is 0 Å². The van der Waals surface area contributed by atoms with E-state index in [2.05, 4.69) is 69.5 Å². The lowest BCUT2D eigenvalue weighted by molar-refractivity contribution is 0.324. The molecule has 1 aliphatic rings. The molecule has 5 nitrogen and oxygen atoms in total. The smallest absolute Gasteiger partial charge is 0.161 e. The van der Waals surface area contributed by atoms with Crippen LogP contribution in [0.2, 0.25) is 0 Å². The second kappa shape index (κ2) is 9.06. The molecule has 0 saturated carbocycles. The minimum atomic E-state index is 0.181. The molecule has 0 aliphatic carbocycles. The highest BCUT2D eigenvalue weighted by molar-refractivity contribution is 9.10. The summed E-state index contributed by atoms with van der Waals surface area (Å²) in [6.07, 6.45) is 8.38. The average molecular weight is 445 g/mol. The van der Waals surface area contributed by atoms with E-state index >= 15 is 0 Å². The summed E-state index contributed by atoms with van der Waals surface area (Å²) in [7, 11) is 4.98. The van der Waals surface area contributed by atoms with Gasteiger partial charge in [0.2, 0.25) is 0 Å². The molecule has 1 unspecified atom stereocenters. The maximum Gasteiger partial charge on any atom is 0.161 e. The molecular formula is C22H25BrN2O3. The number of hydrogen-bond acceptors (Lipinski definition) is 5. The van der Waals surface area contributed by atoms with Crippen LogP contribution < -0.4 is 19.1 Å². The number of ether oxygens (including phenoxy) is 3. The van der Waals surface area contributed by atoms with Crippen LogP contribution in [0.25, 0.3) is 0 Å². The molecule has 1 aliphatic heterocycles. The Labute approximate surface area is 174 Å². The standard InChI is InChI=1S/C22H25BrN2O3/c1-16(17-6-9-20(26-2)22(14-17)28-4)24-10-5-11-25(13-12-24)18-7-8-19(23)21(15-18)27-3/h5-9,11-16H,10H2,1-4H3. The Balaban J connectivity index is 1.80. The molecule has 0 amide bonds. The van der Waals surface area contributed by atoms with Crippen LogP contribution in [0.4, 0.5) is 5.69 Å². The van der Waals surface area contributed by atoms with Gasteiger partial charge in [0.05, 0.1) is 31.8 Å². The van der Waals surface area contributed by atoms with Crippen LogP contribution in [0.3, 0.4) is 0 Å². The third-order valence-electron chi connectivity index (χ3n) is 4.82. The highest BCUT2D eigenvalue weighted by Crippen LogP contribution is 2.33. The topological polar surface area (TPSA) is 34.2 Å². The number of halogens is 1. The van der Waals surface area contributed by atoms with Gasteiger partial charge in [-0.1, -0.05) is 6.07 Å². The predicted octanol–water partition coefficient (Wildman–Crippen LogP) is 5.34. The number of nitrogens with zero attached hydrogens (tertiary/aromatic N) is 2. The maximum absolute atomic E-state index is 5.45. The first kappa shape index (κ1) is 20.1. The summed E-state index contributed by atoms with van der Waals surface area (Å²) >= 11 is 3.50. The van der Waals surface area contributed by atoms with Gasteiger partial charge in [0.15, 0.2) is 11.5 Å². The molecule has 0 saturated heterocycles. The Hall–Kier alpha value is -2.60. The monoisotopic (exact) mass is 444 g/mol. The molecule has 6 heteroatoms. The van der Waals surface area contributed by atoms with Crippen molar-refractivity contribution in [1.82, 2.24) is 4.90 Å². The molecule has 3 rings (SSSR count). The quantitative estimate of drug-likeness (QED) is 0.600. The van der Waals surface area contributed by atoms with E-state index in [1.54, 1.807) is 21.3 Å². The second-order valence-electron chi connectivity index (χ2n) is 6.40. The van der Waals surface area contributed by atoms with Gasteiger partial charge in [0, 0.05) is 36.9 Å². The van der Waals surface area contributed by atoms with Gasteiger partial charge in [0.1, 0.15) is 5.75 Å². The fourth-order valence-corrected chi connectivity index (χ4v) is 3.53. The molecule has 28 heavy (non-hydrogen) atoms. The zero-order valence-electron chi connectivity index (χ0n) is 16.6. The zero-order valence-corrected chi connectivity index (χ0v) is 18.1. The second-order valence-corrected chi connectivity index (χ2v) is 7.25. The number of benzene rings is 2. The van der Waals surface area contributed by atoms with Crippen molar-refractivity contribution >= 4 is 21.6 Å². The molecule has 0 bridgehead atoms. The average Bonchev–Trinajstić information content (AvgIpc) is 2.99. The molecule has 1 heterocycles. The summed E-state index contributed by atoms with van der Waals surface area (Å²) in [5.41, 5.74) is 2.20. The van der Waals surface area contributed by atoms with E-state index in [0.29, 0.717) is 0 Å². The van der Waals surface area contributed by atoms with E-state index in [1.165, 1.54) is 0 Å². The highest BCUT2D eigenvalue weighted by Gasteiger charge is 2.16. The number of methoxy groups -OCH3 is 3. The molecule has 148 valence electrons. The van der Waals surface area contributed by atoms with E-state index in [0.717, 1.165) is 39.5 Å². The van der Waals surface area contributed by atoms with Crippen molar-refractivity contribution in [3.63, 3.8) is 0 Å². The molecule has 0 N–H and O–H groups in total. The summed E-state index contributed by atoms with van der Waals surface area (Å²) in [4.78, 5) is 4.35. The van der Waals surface area contributed by atoms with Crippen LogP contribution in [0.15, 0.2) is 65.5 Å². The van der Waals surface area contributed by atoms with Crippen molar-refractivity contribution in [3.05, 3.63) is 71.1 Å². The molecule has 2 aromatic carbocycles. The van der Waals surface area contributed by atoms with Crippen LogP contribution in [-0.4, -0.2) is 32.8 Å². The predicted molar refractivity (Wildman–Crippen MR) is 116 cm³/mol. The van der Waals surface area contributed by atoms with E-state index in [1.807, 2.05) is 24.3 Å². The molecule has 0 fully saturated rings. The first-order valence-electron chi connectivity index (χ1n) is 9.02. The Kier molecular flexibility index (Phi) is 6.52. The third kappa shape index (κ3) is 4.28. The summed E-state index contributed by atoms with van der Waals surface area (Å²) < 4.78 is 17.1. The van der Waals surface area contributed by atoms with Gasteiger partial charge in [0.25, 0.3) is 0 Å². The van der Waals surface area contributed by atoms with Gasteiger partial charge >= 0.3 is 0 Å². The minimum Gasteiger partial charge on any atom is -0.495 e. The van der Waals surface area contributed by atoms with Crippen molar-refractivity contribution in [2.45, 2.75) is 13.0 Å². The molecule has 1 atom stereocenters. The fraction of sp³-hybridized carbons (Fsp3) is 0.273. The summed E-state index contributed by atoms with van der Waals surface area (Å²) in [6, 6.07) is 12.3. The third-order valence-corrected chi connectivity index (χ3v) is 5.48. The lowest BCUT2D eigenvalue weighted by Gasteiger charge is -2.27. The first-order chi connectivity index (χ1) is 13.6. The highest BCUT2D eigenvalue weighted by atomic mass is 79.9. The van der Waals surface area contributed by atoms with Gasteiger partial charge in [-0.25, -0.2) is 0 Å². The van der Waals surface area contributed by atoms with Gasteiger partial charge < -0.3 is 24.0 Å². The summed E-state index contributed by atoms with van der Waals surface area (Å²) in [5, 5.41) is 0. The Morgan fingerprint density at radius 1 is 0.857 bits per heavy atom. The summed E-state index contributed by atoms with van der Waals surface area (Å²) in [6.45, 7) is 2.98. The Morgan fingerprint density at radius 2 is 1.61 bits per heavy atom. The maximum atomic E-state index is 5.45. The van der Waals surface area contributed by atoms with E-state index in [4.69, 9.17) is 14.2 Å². The normalized spacial score (nSPS) is 14.6. The van der Waals surface area contributed by atoms with Crippen LogP contribution in [0.5, 0.6) is 17.2 Å². The molecule has 2 aromatic rings. The van der Waals surface area contributed by atoms with Gasteiger partial charge in [-0.15, -0.1) is 0 Å². The van der Waals surface area contributed by atoms with Crippen LogP contribution in [0.1, 0.15) is 18.5 Å². The Morgan fingerprint density at radius 3 is 2.32 bits per heavy atom. The van der Waals surface area contributed by atoms with E-state index < -0.39 is 0 Å². The lowest BCUT2D eigenvalue weighted by atomic mass is 10.1. The first-order valence-corrected chi connectivity index (χ1v) is 9.81. The largest absolute Gasteiger partial charge is 0.495 e. The molecule has 0 radical (unpaired) electrons. The number of rotatable bonds is 6. The summed E-state index contributed by atoms with van der Waals surface area (Å²) in [5.74, 6) is 2.28. The molecule has 0 spiro atoms. The Bertz CT molecular complexity index is 882. The van der Waals surface area contributed by atoms with Gasteiger partial charge in [-0.05, 0) is 58.8 Å². The minimum absolute atomic E-state index is 0.181. The van der Waals surface area contributed by atoms with Crippen molar-refractivity contribution in [2.24, 2.45) is 0 Å². The molecular weight excluding hydrogens is 420 g/mol. The van der Waals surface area contributed by atoms with E-state index in [9.17, 15) is 0 Å². The SMILES string of the molecule is COc1cc(N2C=CCN(C(C)c3ccc(OC)c(OC)c3)C=C2)ccc1Br. The molecule has 0 aromatic heterocycles. The number of hydrogen-bond donors (Lipinski definition) is 0. The van der Waals surface area contributed by atoms with Crippen molar-refractivity contribution < 1.29 is 14.2 Å². The van der Waals surface area contributed by atoms with Crippen molar-refractivity contribution in [3.8, 4) is 17.2 Å². The zero-order chi connectivity index (χ0) is 20.1. The van der Waals surface area contributed by atoms with Crippen LogP contribution >= 0.6 is 15.9 Å². The van der Waals surface area contributed by atoms with Crippen molar-refractivity contribution in [2.75, 3.05) is 32.8 Å².